The maximum Gasteiger partial charge on any atom is 0.311 e. The van der Waals surface area contributed by atoms with Crippen LogP contribution in [-0.4, -0.2) is 29.1 Å². The first-order chi connectivity index (χ1) is 8.71. The molecule has 0 amide bonds. The van der Waals surface area contributed by atoms with Crippen molar-refractivity contribution in [1.29, 1.82) is 0 Å². The van der Waals surface area contributed by atoms with Gasteiger partial charge in [0, 0.05) is 19.6 Å². The number of carboxylic acid groups (broad SMARTS) is 1. The topological polar surface area (TPSA) is 40.5 Å². The Hall–Kier alpha value is -1.35. The van der Waals surface area contributed by atoms with Crippen molar-refractivity contribution in [3.63, 3.8) is 0 Å². The van der Waals surface area contributed by atoms with Crippen LogP contribution in [0.15, 0.2) is 30.3 Å². The van der Waals surface area contributed by atoms with E-state index in [-0.39, 0.29) is 0 Å². The predicted octanol–water partition coefficient (Wildman–Crippen LogP) is 2.37. The summed E-state index contributed by atoms with van der Waals surface area (Å²) in [4.78, 5) is 13.9. The highest BCUT2D eigenvalue weighted by Crippen LogP contribution is 2.49. The van der Waals surface area contributed by atoms with Crippen molar-refractivity contribution in [2.24, 2.45) is 11.3 Å². The molecule has 3 rings (SSSR count). The van der Waals surface area contributed by atoms with Gasteiger partial charge in [-0.3, -0.25) is 9.69 Å². The van der Waals surface area contributed by atoms with Crippen LogP contribution in [-0.2, 0) is 11.3 Å². The molecule has 2 fully saturated rings. The van der Waals surface area contributed by atoms with Crippen LogP contribution in [0.1, 0.15) is 24.8 Å². The van der Waals surface area contributed by atoms with Gasteiger partial charge in [-0.05, 0) is 24.3 Å². The third kappa shape index (κ3) is 1.83. The van der Waals surface area contributed by atoms with E-state index in [1.165, 1.54) is 5.56 Å². The lowest BCUT2D eigenvalue weighted by molar-refractivity contribution is -0.149. The highest BCUT2D eigenvalue weighted by atomic mass is 16.4. The number of rotatable bonds is 3. The minimum absolute atomic E-state index is 0.360. The predicted molar refractivity (Wildman–Crippen MR) is 69.1 cm³/mol. The summed E-state index contributed by atoms with van der Waals surface area (Å²) in [5.41, 5.74) is 0.826. The van der Waals surface area contributed by atoms with Gasteiger partial charge in [0.1, 0.15) is 0 Å². The van der Waals surface area contributed by atoms with E-state index in [0.29, 0.717) is 5.92 Å². The van der Waals surface area contributed by atoms with Crippen LogP contribution in [0.3, 0.4) is 0 Å². The molecule has 0 aromatic heterocycles. The van der Waals surface area contributed by atoms with Gasteiger partial charge in [-0.15, -0.1) is 0 Å². The van der Waals surface area contributed by atoms with Crippen molar-refractivity contribution in [2.75, 3.05) is 13.1 Å². The second kappa shape index (κ2) is 4.39. The number of benzene rings is 1. The normalized spacial score (nSPS) is 31.4. The zero-order chi connectivity index (χ0) is 12.6. The van der Waals surface area contributed by atoms with E-state index < -0.39 is 11.4 Å². The molecule has 1 aliphatic carbocycles. The molecule has 18 heavy (non-hydrogen) atoms. The lowest BCUT2D eigenvalue weighted by atomic mass is 9.81. The van der Waals surface area contributed by atoms with E-state index in [4.69, 9.17) is 0 Å². The standard InChI is InChI=1S/C15H19NO2/c17-14(18)15-8-4-7-13(15)10-16(11-15)9-12-5-2-1-3-6-12/h1-3,5-6,13H,4,7-11H2,(H,17,18)/t13-,15-/m1/s1. The smallest absolute Gasteiger partial charge is 0.311 e. The fourth-order valence-corrected chi connectivity index (χ4v) is 3.71. The third-order valence-corrected chi connectivity index (χ3v) is 4.62. The van der Waals surface area contributed by atoms with E-state index in [1.54, 1.807) is 0 Å². The molecule has 3 heteroatoms. The number of carbonyl (C=O) groups is 1. The van der Waals surface area contributed by atoms with Crippen molar-refractivity contribution in [1.82, 2.24) is 4.90 Å². The number of carboxylic acids is 1. The molecule has 3 nitrogen and oxygen atoms in total. The Morgan fingerprint density at radius 2 is 2.17 bits per heavy atom. The molecule has 1 saturated carbocycles. The highest BCUT2D eigenvalue weighted by molar-refractivity contribution is 5.76. The van der Waals surface area contributed by atoms with Crippen LogP contribution < -0.4 is 0 Å². The molecule has 0 unspecified atom stereocenters. The van der Waals surface area contributed by atoms with Crippen LogP contribution in [0.4, 0.5) is 0 Å². The lowest BCUT2D eigenvalue weighted by Gasteiger charge is -2.23. The van der Waals surface area contributed by atoms with Crippen LogP contribution in [0.5, 0.6) is 0 Å². The monoisotopic (exact) mass is 245 g/mol. The Kier molecular flexibility index (Phi) is 2.86. The first-order valence-corrected chi connectivity index (χ1v) is 6.70. The van der Waals surface area contributed by atoms with Gasteiger partial charge >= 0.3 is 5.97 Å². The first-order valence-electron chi connectivity index (χ1n) is 6.70. The van der Waals surface area contributed by atoms with Crippen LogP contribution in [0.2, 0.25) is 0 Å². The maximum absolute atomic E-state index is 11.6. The van der Waals surface area contributed by atoms with Gasteiger partial charge in [0.2, 0.25) is 0 Å². The summed E-state index contributed by atoms with van der Waals surface area (Å²) in [6.45, 7) is 2.55. The Bertz CT molecular complexity index is 445. The highest BCUT2D eigenvalue weighted by Gasteiger charge is 2.54. The molecule has 0 bridgehead atoms. The quantitative estimate of drug-likeness (QED) is 0.888. The molecule has 0 spiro atoms. The molecule has 1 heterocycles. The largest absolute Gasteiger partial charge is 0.481 e. The van der Waals surface area contributed by atoms with Gasteiger partial charge in [0.25, 0.3) is 0 Å². The van der Waals surface area contributed by atoms with E-state index in [9.17, 15) is 9.90 Å². The number of nitrogens with zero attached hydrogens (tertiary/aromatic N) is 1. The zero-order valence-electron chi connectivity index (χ0n) is 10.5. The Balaban J connectivity index is 1.73. The molecule has 1 aromatic carbocycles. The van der Waals surface area contributed by atoms with Gasteiger partial charge < -0.3 is 5.11 Å². The summed E-state index contributed by atoms with van der Waals surface area (Å²) in [5.74, 6) is -0.223. The average Bonchev–Trinajstić information content (AvgIpc) is 2.87. The number of hydrogen-bond donors (Lipinski definition) is 1. The van der Waals surface area contributed by atoms with Crippen molar-refractivity contribution >= 4 is 5.97 Å². The van der Waals surface area contributed by atoms with Crippen molar-refractivity contribution < 1.29 is 9.90 Å². The van der Waals surface area contributed by atoms with Gasteiger partial charge in [-0.1, -0.05) is 36.8 Å². The molecule has 1 saturated heterocycles. The molecular formula is C15H19NO2. The number of aliphatic carboxylic acids is 1. The van der Waals surface area contributed by atoms with Crippen molar-refractivity contribution in [2.45, 2.75) is 25.8 Å². The molecule has 96 valence electrons. The van der Waals surface area contributed by atoms with Gasteiger partial charge in [-0.2, -0.15) is 0 Å². The maximum atomic E-state index is 11.6. The van der Waals surface area contributed by atoms with Crippen molar-refractivity contribution in [3.8, 4) is 0 Å². The number of hydrogen-bond acceptors (Lipinski definition) is 2. The van der Waals surface area contributed by atoms with E-state index in [0.717, 1.165) is 38.9 Å². The minimum atomic E-state index is -0.583. The van der Waals surface area contributed by atoms with Crippen LogP contribution in [0.25, 0.3) is 0 Å². The SMILES string of the molecule is O=C(O)[C@@]12CCC[C@@H]1CN(Cc1ccccc1)C2. The number of fused-ring (bicyclic) bond motifs is 1. The van der Waals surface area contributed by atoms with Gasteiger partial charge in [-0.25, -0.2) is 0 Å². The van der Waals surface area contributed by atoms with Crippen LogP contribution >= 0.6 is 0 Å². The molecule has 1 aliphatic heterocycles. The summed E-state index contributed by atoms with van der Waals surface area (Å²) in [7, 11) is 0. The molecule has 1 aromatic rings. The van der Waals surface area contributed by atoms with Gasteiger partial charge in [0.05, 0.1) is 5.41 Å². The second-order valence-corrected chi connectivity index (χ2v) is 5.71. The fourth-order valence-electron chi connectivity index (χ4n) is 3.71. The first kappa shape index (κ1) is 11.7. The Labute approximate surface area is 107 Å². The van der Waals surface area contributed by atoms with Crippen molar-refractivity contribution in [3.05, 3.63) is 35.9 Å². The molecule has 2 atom stereocenters. The van der Waals surface area contributed by atoms with Gasteiger partial charge in [0.15, 0.2) is 0 Å². The summed E-state index contributed by atoms with van der Waals surface area (Å²) in [5, 5.41) is 9.53. The molecular weight excluding hydrogens is 226 g/mol. The van der Waals surface area contributed by atoms with E-state index >= 15 is 0 Å². The summed E-state index contributed by atoms with van der Waals surface area (Å²) >= 11 is 0. The summed E-state index contributed by atoms with van der Waals surface area (Å²) in [6.07, 6.45) is 3.02. The summed E-state index contributed by atoms with van der Waals surface area (Å²) in [6, 6.07) is 10.3. The number of likely N-dealkylation sites (tertiary alicyclic amines) is 1. The Morgan fingerprint density at radius 3 is 2.83 bits per heavy atom. The van der Waals surface area contributed by atoms with Crippen LogP contribution in [0, 0.1) is 11.3 Å². The molecule has 0 radical (unpaired) electrons. The lowest BCUT2D eigenvalue weighted by Crippen LogP contribution is -2.35. The third-order valence-electron chi connectivity index (χ3n) is 4.62. The van der Waals surface area contributed by atoms with E-state index in [1.807, 2.05) is 18.2 Å². The minimum Gasteiger partial charge on any atom is -0.481 e. The summed E-state index contributed by atoms with van der Waals surface area (Å²) < 4.78 is 0. The second-order valence-electron chi connectivity index (χ2n) is 5.71. The zero-order valence-corrected chi connectivity index (χ0v) is 10.5. The fraction of sp³-hybridized carbons (Fsp3) is 0.533. The average molecular weight is 245 g/mol. The Morgan fingerprint density at radius 1 is 1.39 bits per heavy atom. The van der Waals surface area contributed by atoms with E-state index in [2.05, 4.69) is 17.0 Å². The molecule has 2 aliphatic rings. The molecule has 1 N–H and O–H groups in total.